The Hall–Kier alpha value is -2.13. The third kappa shape index (κ3) is 3.51. The van der Waals surface area contributed by atoms with E-state index in [4.69, 9.17) is 4.99 Å². The maximum Gasteiger partial charge on any atom is 0.0856 e. The molecule has 1 aliphatic heterocycles. The van der Waals surface area contributed by atoms with Gasteiger partial charge in [-0.1, -0.05) is 81.1 Å². The van der Waals surface area contributed by atoms with Crippen LogP contribution in [0.5, 0.6) is 0 Å². The molecule has 0 unspecified atom stereocenters. The fourth-order valence-corrected chi connectivity index (χ4v) is 3.75. The van der Waals surface area contributed by atoms with Crippen molar-refractivity contribution in [2.24, 2.45) is 15.4 Å². The lowest BCUT2D eigenvalue weighted by Crippen LogP contribution is -2.12. The second-order valence-electron chi connectivity index (χ2n) is 7.03. The van der Waals surface area contributed by atoms with Gasteiger partial charge in [-0.25, -0.2) is 0 Å². The lowest BCUT2D eigenvalue weighted by molar-refractivity contribution is 0.430. The van der Waals surface area contributed by atoms with E-state index in [1.165, 1.54) is 10.5 Å². The molecule has 0 fully saturated rings. The highest BCUT2D eigenvalue weighted by Crippen LogP contribution is 2.44. The Morgan fingerprint density at radius 1 is 1.00 bits per heavy atom. The predicted octanol–water partition coefficient (Wildman–Crippen LogP) is 5.70. The molecule has 0 amide bonds. The molecule has 0 N–H and O–H groups in total. The van der Waals surface area contributed by atoms with Crippen LogP contribution in [-0.4, -0.2) is 19.0 Å². The number of hydrogen-bond acceptors (Lipinski definition) is 3. The Bertz CT molecular complexity index is 811. The van der Waals surface area contributed by atoms with Gasteiger partial charge in [0.1, 0.15) is 0 Å². The van der Waals surface area contributed by atoms with Crippen LogP contribution in [0.4, 0.5) is 0 Å². The third-order valence-electron chi connectivity index (χ3n) is 3.70. The standard InChI is InChI=1S/C21H22N2S/c1-21(2,3)14-23-19-16-12-8-9-13-17(16)24-20(19)18(22-4)15-10-6-5-7-11-15/h5-13H,4,14H2,1-3H3/b20-18+,23-19?. The summed E-state index contributed by atoms with van der Waals surface area (Å²) in [6.07, 6.45) is 0. The minimum absolute atomic E-state index is 0.148. The molecule has 2 aromatic carbocycles. The van der Waals surface area contributed by atoms with Gasteiger partial charge < -0.3 is 0 Å². The average Bonchev–Trinajstić information content (AvgIpc) is 2.92. The molecule has 1 aliphatic rings. The van der Waals surface area contributed by atoms with E-state index in [2.05, 4.69) is 68.9 Å². The molecular weight excluding hydrogens is 312 g/mol. The molecule has 0 spiro atoms. The van der Waals surface area contributed by atoms with Gasteiger partial charge >= 0.3 is 0 Å². The van der Waals surface area contributed by atoms with Crippen molar-refractivity contribution in [3.05, 3.63) is 70.6 Å². The molecule has 0 atom stereocenters. The summed E-state index contributed by atoms with van der Waals surface area (Å²) >= 11 is 1.74. The highest BCUT2D eigenvalue weighted by Gasteiger charge is 2.27. The molecule has 2 nitrogen and oxygen atoms in total. The van der Waals surface area contributed by atoms with E-state index in [1.54, 1.807) is 11.8 Å². The topological polar surface area (TPSA) is 24.7 Å². The van der Waals surface area contributed by atoms with Crippen molar-refractivity contribution in [3.63, 3.8) is 0 Å². The maximum absolute atomic E-state index is 4.96. The number of nitrogens with zero attached hydrogens (tertiary/aromatic N) is 2. The quantitative estimate of drug-likeness (QED) is 0.661. The van der Waals surface area contributed by atoms with Crippen molar-refractivity contribution in [2.75, 3.05) is 6.54 Å². The van der Waals surface area contributed by atoms with Gasteiger partial charge in [-0.05, 0) is 18.2 Å². The van der Waals surface area contributed by atoms with Crippen LogP contribution in [0.25, 0.3) is 5.70 Å². The molecule has 0 saturated heterocycles. The number of benzene rings is 2. The Labute approximate surface area is 148 Å². The van der Waals surface area contributed by atoms with E-state index >= 15 is 0 Å². The summed E-state index contributed by atoms with van der Waals surface area (Å²) in [6, 6.07) is 18.6. The molecule has 0 aliphatic carbocycles. The van der Waals surface area contributed by atoms with E-state index in [0.717, 1.165) is 28.4 Å². The van der Waals surface area contributed by atoms with Crippen LogP contribution in [0, 0.1) is 5.41 Å². The smallest absolute Gasteiger partial charge is 0.0856 e. The Morgan fingerprint density at radius 2 is 1.67 bits per heavy atom. The molecule has 0 aromatic heterocycles. The first-order chi connectivity index (χ1) is 11.5. The Kier molecular flexibility index (Phi) is 4.72. The largest absolute Gasteiger partial charge is 0.283 e. The van der Waals surface area contributed by atoms with E-state index in [9.17, 15) is 0 Å². The number of allylic oxidation sites excluding steroid dienone is 1. The molecule has 2 aromatic rings. The second-order valence-corrected chi connectivity index (χ2v) is 8.08. The van der Waals surface area contributed by atoms with Crippen molar-refractivity contribution in [2.45, 2.75) is 25.7 Å². The first kappa shape index (κ1) is 16.7. The zero-order valence-corrected chi connectivity index (χ0v) is 15.2. The summed E-state index contributed by atoms with van der Waals surface area (Å²) in [7, 11) is 0. The van der Waals surface area contributed by atoms with Crippen LogP contribution in [0.15, 0.2) is 74.4 Å². The van der Waals surface area contributed by atoms with Crippen LogP contribution in [0.2, 0.25) is 0 Å². The number of thioether (sulfide) groups is 1. The summed E-state index contributed by atoms with van der Waals surface area (Å²) in [4.78, 5) is 11.6. The summed E-state index contributed by atoms with van der Waals surface area (Å²) in [5.41, 5.74) is 4.36. The minimum Gasteiger partial charge on any atom is -0.283 e. The molecular formula is C21H22N2S. The van der Waals surface area contributed by atoms with Crippen molar-refractivity contribution >= 4 is 29.9 Å². The predicted molar refractivity (Wildman–Crippen MR) is 106 cm³/mol. The van der Waals surface area contributed by atoms with Crippen LogP contribution >= 0.6 is 11.8 Å². The van der Waals surface area contributed by atoms with Gasteiger partial charge in [-0.15, -0.1) is 0 Å². The number of hydrogen-bond donors (Lipinski definition) is 0. The van der Waals surface area contributed by atoms with Crippen LogP contribution in [-0.2, 0) is 0 Å². The van der Waals surface area contributed by atoms with Crippen LogP contribution in [0.3, 0.4) is 0 Å². The van der Waals surface area contributed by atoms with E-state index in [0.29, 0.717) is 0 Å². The number of fused-ring (bicyclic) bond motifs is 1. The van der Waals surface area contributed by atoms with Crippen molar-refractivity contribution < 1.29 is 0 Å². The molecule has 0 radical (unpaired) electrons. The van der Waals surface area contributed by atoms with Crippen LogP contribution in [0.1, 0.15) is 31.9 Å². The molecule has 122 valence electrons. The molecule has 0 saturated carbocycles. The SMILES string of the molecule is C=N/C(=C1/Sc2ccccc2C1=NCC(C)(C)C)c1ccccc1. The Morgan fingerprint density at radius 3 is 2.33 bits per heavy atom. The first-order valence-corrected chi connectivity index (χ1v) is 8.90. The second kappa shape index (κ2) is 6.78. The van der Waals surface area contributed by atoms with E-state index in [1.807, 2.05) is 18.2 Å². The fourth-order valence-electron chi connectivity index (χ4n) is 2.56. The lowest BCUT2D eigenvalue weighted by Gasteiger charge is -2.16. The fraction of sp³-hybridized carbons (Fsp3) is 0.238. The summed E-state index contributed by atoms with van der Waals surface area (Å²) < 4.78 is 0. The van der Waals surface area contributed by atoms with Crippen molar-refractivity contribution in [3.8, 4) is 0 Å². The van der Waals surface area contributed by atoms with Gasteiger partial charge in [0, 0.05) is 22.6 Å². The lowest BCUT2D eigenvalue weighted by atomic mass is 9.97. The highest BCUT2D eigenvalue weighted by atomic mass is 32.2. The van der Waals surface area contributed by atoms with Crippen molar-refractivity contribution in [1.29, 1.82) is 0 Å². The van der Waals surface area contributed by atoms with Gasteiger partial charge in [-0.2, -0.15) is 0 Å². The van der Waals surface area contributed by atoms with Gasteiger partial charge in [0.05, 0.1) is 16.3 Å². The maximum atomic E-state index is 4.96. The zero-order chi connectivity index (χ0) is 17.2. The average molecular weight is 334 g/mol. The zero-order valence-electron chi connectivity index (χ0n) is 14.4. The molecule has 3 rings (SSSR count). The van der Waals surface area contributed by atoms with Gasteiger partial charge in [0.25, 0.3) is 0 Å². The van der Waals surface area contributed by atoms with Crippen molar-refractivity contribution in [1.82, 2.24) is 0 Å². The third-order valence-corrected chi connectivity index (χ3v) is 4.87. The first-order valence-electron chi connectivity index (χ1n) is 8.08. The van der Waals surface area contributed by atoms with E-state index < -0.39 is 0 Å². The van der Waals surface area contributed by atoms with Crippen LogP contribution < -0.4 is 0 Å². The monoisotopic (exact) mass is 334 g/mol. The molecule has 0 bridgehead atoms. The summed E-state index contributed by atoms with van der Waals surface area (Å²) in [6.45, 7) is 11.2. The summed E-state index contributed by atoms with van der Waals surface area (Å²) in [5, 5.41) is 0. The number of rotatable bonds is 3. The molecule has 24 heavy (non-hydrogen) atoms. The number of aliphatic imine (C=N–C) groups is 2. The highest BCUT2D eigenvalue weighted by molar-refractivity contribution is 8.05. The minimum atomic E-state index is 0.148. The molecule has 1 heterocycles. The van der Waals surface area contributed by atoms with Gasteiger partial charge in [0.15, 0.2) is 0 Å². The van der Waals surface area contributed by atoms with E-state index in [-0.39, 0.29) is 5.41 Å². The molecule has 3 heteroatoms. The summed E-state index contributed by atoms with van der Waals surface area (Å²) in [5.74, 6) is 0. The Balaban J connectivity index is 2.16. The van der Waals surface area contributed by atoms with Gasteiger partial charge in [-0.3, -0.25) is 9.98 Å². The normalized spacial score (nSPS) is 17.7. The van der Waals surface area contributed by atoms with Gasteiger partial charge in [0.2, 0.25) is 0 Å².